The Bertz CT molecular complexity index is 1220. The van der Waals surface area contributed by atoms with Crippen LogP contribution >= 0.6 is 13.5 Å². The Morgan fingerprint density at radius 3 is 2.12 bits per heavy atom. The molecule has 3 aromatic rings. The molecular weight excluding hydrogens is 456 g/mol. The van der Waals surface area contributed by atoms with Gasteiger partial charge in [-0.1, -0.05) is 60.2 Å². The Kier molecular flexibility index (Phi) is 9.07. The van der Waals surface area contributed by atoms with Crippen molar-refractivity contribution >= 4 is 46.1 Å². The van der Waals surface area contributed by atoms with Gasteiger partial charge in [0, 0.05) is 13.1 Å². The summed E-state index contributed by atoms with van der Waals surface area (Å²) in [5.41, 5.74) is 1.85. The molecule has 8 heteroatoms. The van der Waals surface area contributed by atoms with E-state index in [9.17, 15) is 18.0 Å². The molecule has 0 fully saturated rings. The average molecular weight is 487 g/mol. The SMILES string of the molecule is CCN(CC)C(=O)[C@H](Cc1ccc(C)cc1)C(=O)NS(=O)(=O)c1ccc2ccccc2c1.S. The molecule has 0 radical (unpaired) electrons. The molecule has 0 aromatic heterocycles. The van der Waals surface area contributed by atoms with Gasteiger partial charge in [-0.15, -0.1) is 0 Å². The van der Waals surface area contributed by atoms with Crippen molar-refractivity contribution in [3.8, 4) is 0 Å². The Morgan fingerprint density at radius 1 is 0.909 bits per heavy atom. The van der Waals surface area contributed by atoms with E-state index in [0.29, 0.717) is 13.1 Å². The lowest BCUT2D eigenvalue weighted by Crippen LogP contribution is -2.46. The lowest BCUT2D eigenvalue weighted by atomic mass is 9.96. The molecule has 3 rings (SSSR count). The van der Waals surface area contributed by atoms with E-state index in [4.69, 9.17) is 0 Å². The third-order valence-electron chi connectivity index (χ3n) is 5.52. The highest BCUT2D eigenvalue weighted by Crippen LogP contribution is 2.20. The van der Waals surface area contributed by atoms with Gasteiger partial charge >= 0.3 is 0 Å². The summed E-state index contributed by atoms with van der Waals surface area (Å²) in [4.78, 5) is 27.7. The van der Waals surface area contributed by atoms with Gasteiger partial charge in [0.1, 0.15) is 5.92 Å². The Hall–Kier alpha value is -2.84. The van der Waals surface area contributed by atoms with E-state index in [-0.39, 0.29) is 30.7 Å². The fraction of sp³-hybridized carbons (Fsp3) is 0.280. The first-order valence-corrected chi connectivity index (χ1v) is 12.1. The number of sulfonamides is 1. The Balaban J connectivity index is 0.00000385. The molecule has 6 nitrogen and oxygen atoms in total. The highest BCUT2D eigenvalue weighted by molar-refractivity contribution is 7.90. The number of fused-ring (bicyclic) bond motifs is 1. The molecule has 176 valence electrons. The van der Waals surface area contributed by atoms with Gasteiger partial charge in [0.2, 0.25) is 11.8 Å². The lowest BCUT2D eigenvalue weighted by molar-refractivity contribution is -0.141. The highest BCUT2D eigenvalue weighted by atomic mass is 32.2. The number of nitrogens with one attached hydrogen (secondary N) is 1. The summed E-state index contributed by atoms with van der Waals surface area (Å²) in [5.74, 6) is -2.36. The van der Waals surface area contributed by atoms with Crippen molar-refractivity contribution in [1.29, 1.82) is 0 Å². The number of benzene rings is 3. The second-order valence-electron chi connectivity index (χ2n) is 7.73. The van der Waals surface area contributed by atoms with Crippen LogP contribution in [0.5, 0.6) is 0 Å². The molecule has 0 aliphatic heterocycles. The molecule has 0 unspecified atom stereocenters. The van der Waals surface area contributed by atoms with Crippen LogP contribution in [0.3, 0.4) is 0 Å². The van der Waals surface area contributed by atoms with Crippen LogP contribution in [-0.2, 0) is 26.0 Å². The van der Waals surface area contributed by atoms with Crippen LogP contribution in [0.1, 0.15) is 25.0 Å². The van der Waals surface area contributed by atoms with Crippen LogP contribution in [-0.4, -0.2) is 38.2 Å². The zero-order valence-electron chi connectivity index (χ0n) is 19.0. The van der Waals surface area contributed by atoms with E-state index in [1.165, 1.54) is 12.1 Å². The van der Waals surface area contributed by atoms with E-state index < -0.39 is 21.8 Å². The van der Waals surface area contributed by atoms with Gasteiger partial charge in [-0.25, -0.2) is 13.1 Å². The molecule has 0 heterocycles. The predicted octanol–water partition coefficient (Wildman–Crippen LogP) is 3.79. The van der Waals surface area contributed by atoms with Crippen molar-refractivity contribution in [3.63, 3.8) is 0 Å². The zero-order valence-corrected chi connectivity index (χ0v) is 20.9. The maximum absolute atomic E-state index is 13.1. The highest BCUT2D eigenvalue weighted by Gasteiger charge is 2.33. The van der Waals surface area contributed by atoms with Gasteiger partial charge in [0.15, 0.2) is 0 Å². The molecule has 0 aliphatic rings. The average Bonchev–Trinajstić information content (AvgIpc) is 2.78. The van der Waals surface area contributed by atoms with Crippen molar-refractivity contribution in [1.82, 2.24) is 9.62 Å². The zero-order chi connectivity index (χ0) is 23.3. The van der Waals surface area contributed by atoms with E-state index in [0.717, 1.165) is 21.9 Å². The Labute approximate surface area is 202 Å². The van der Waals surface area contributed by atoms with Gasteiger partial charge in [0.05, 0.1) is 4.90 Å². The van der Waals surface area contributed by atoms with Crippen LogP contribution in [0.2, 0.25) is 0 Å². The van der Waals surface area contributed by atoms with E-state index in [1.54, 1.807) is 17.0 Å². The number of nitrogens with zero attached hydrogens (tertiary/aromatic N) is 1. The van der Waals surface area contributed by atoms with Crippen molar-refractivity contribution in [2.75, 3.05) is 13.1 Å². The maximum Gasteiger partial charge on any atom is 0.264 e. The van der Waals surface area contributed by atoms with Gasteiger partial charge in [-0.2, -0.15) is 13.5 Å². The minimum atomic E-state index is -4.14. The molecule has 0 saturated heterocycles. The van der Waals surface area contributed by atoms with Crippen LogP contribution in [0.4, 0.5) is 0 Å². The van der Waals surface area contributed by atoms with Crippen LogP contribution < -0.4 is 4.72 Å². The van der Waals surface area contributed by atoms with Crippen LogP contribution in [0.15, 0.2) is 71.6 Å². The fourth-order valence-electron chi connectivity index (χ4n) is 3.60. The van der Waals surface area contributed by atoms with E-state index in [2.05, 4.69) is 4.72 Å². The monoisotopic (exact) mass is 486 g/mol. The van der Waals surface area contributed by atoms with E-state index in [1.807, 2.05) is 63.2 Å². The summed E-state index contributed by atoms with van der Waals surface area (Å²) < 4.78 is 28.1. The summed E-state index contributed by atoms with van der Waals surface area (Å²) in [7, 11) is -4.14. The predicted molar refractivity (Wildman–Crippen MR) is 136 cm³/mol. The molecule has 0 saturated carbocycles. The smallest absolute Gasteiger partial charge is 0.264 e. The largest absolute Gasteiger partial charge is 0.343 e. The van der Waals surface area contributed by atoms with Gasteiger partial charge in [-0.05, 0) is 55.7 Å². The minimum Gasteiger partial charge on any atom is -0.343 e. The molecule has 33 heavy (non-hydrogen) atoms. The number of rotatable bonds is 8. The lowest BCUT2D eigenvalue weighted by Gasteiger charge is -2.24. The van der Waals surface area contributed by atoms with Crippen LogP contribution in [0.25, 0.3) is 10.8 Å². The molecule has 2 amide bonds. The molecule has 1 atom stereocenters. The summed E-state index contributed by atoms with van der Waals surface area (Å²) >= 11 is 0. The second-order valence-corrected chi connectivity index (χ2v) is 9.41. The van der Waals surface area contributed by atoms with Crippen molar-refractivity contribution in [3.05, 3.63) is 77.9 Å². The molecule has 0 bridgehead atoms. The first-order valence-electron chi connectivity index (χ1n) is 10.6. The van der Waals surface area contributed by atoms with Crippen molar-refractivity contribution < 1.29 is 18.0 Å². The number of carbonyl (C=O) groups is 2. The summed E-state index contributed by atoms with van der Waals surface area (Å²) in [6.07, 6.45) is 0.120. The Morgan fingerprint density at radius 2 is 1.52 bits per heavy atom. The third kappa shape index (κ3) is 6.36. The summed E-state index contributed by atoms with van der Waals surface area (Å²) in [5, 5.41) is 1.64. The minimum absolute atomic E-state index is 0. The number of amides is 2. The topological polar surface area (TPSA) is 83.6 Å². The number of aryl methyl sites for hydroxylation is 1. The first-order chi connectivity index (χ1) is 15.2. The third-order valence-corrected chi connectivity index (χ3v) is 6.86. The summed E-state index contributed by atoms with van der Waals surface area (Å²) in [6.45, 7) is 6.47. The number of hydrogen-bond acceptors (Lipinski definition) is 4. The standard InChI is InChI=1S/C25H28N2O4S.H2S/c1-4-27(5-2)25(29)23(16-19-12-10-18(3)11-13-19)24(28)26-32(30,31)22-15-14-20-8-6-7-9-21(20)17-22;/h6-15,17,23H,4-5,16H2,1-3H3,(H,26,28);1H2/t23-;/m1./s1. The number of carbonyl (C=O) groups excluding carboxylic acids is 2. The van der Waals surface area contributed by atoms with Crippen molar-refractivity contribution in [2.45, 2.75) is 32.1 Å². The maximum atomic E-state index is 13.1. The van der Waals surface area contributed by atoms with Gasteiger partial charge in [0.25, 0.3) is 10.0 Å². The van der Waals surface area contributed by atoms with Gasteiger partial charge in [-0.3, -0.25) is 9.59 Å². The number of hydrogen-bond donors (Lipinski definition) is 1. The molecule has 0 spiro atoms. The van der Waals surface area contributed by atoms with Crippen LogP contribution in [0, 0.1) is 12.8 Å². The fourth-order valence-corrected chi connectivity index (χ4v) is 4.66. The normalized spacial score (nSPS) is 12.0. The van der Waals surface area contributed by atoms with E-state index >= 15 is 0 Å². The summed E-state index contributed by atoms with van der Waals surface area (Å²) in [6, 6.07) is 19.5. The first kappa shape index (κ1) is 26.4. The quantitative estimate of drug-likeness (QED) is 0.491. The molecule has 1 N–H and O–H groups in total. The molecule has 0 aliphatic carbocycles. The molecule has 3 aromatic carbocycles. The van der Waals surface area contributed by atoms with Gasteiger partial charge < -0.3 is 4.90 Å². The second kappa shape index (κ2) is 11.3. The van der Waals surface area contributed by atoms with Crippen molar-refractivity contribution in [2.24, 2.45) is 5.92 Å². The molecular formula is C25H30N2O4S2.